The number of hydrogen-bond acceptors (Lipinski definition) is 3. The van der Waals surface area contributed by atoms with Crippen molar-refractivity contribution in [3.05, 3.63) is 27.5 Å². The van der Waals surface area contributed by atoms with Crippen LogP contribution in [0.15, 0.2) is 22.7 Å². The normalized spacial score (nSPS) is 10.9. The second kappa shape index (κ2) is 6.59. The number of thiophene rings is 1. The average Bonchev–Trinajstić information content (AvgIpc) is 2.78. The number of nitrogens with two attached hydrogens (primary N) is 1. The largest absolute Gasteiger partial charge is 0.397 e. The SMILES string of the molecule is CCCCN(CC)C(=O)c1sc2cccc(Br)c2c1N. The topological polar surface area (TPSA) is 46.3 Å². The van der Waals surface area contributed by atoms with E-state index in [1.165, 1.54) is 11.3 Å². The predicted octanol–water partition coefficient (Wildman–Crippen LogP) is 4.51. The van der Waals surface area contributed by atoms with E-state index in [-0.39, 0.29) is 5.91 Å². The van der Waals surface area contributed by atoms with Gasteiger partial charge in [-0.1, -0.05) is 35.3 Å². The lowest BCUT2D eigenvalue weighted by atomic mass is 10.2. The molecule has 0 atom stereocenters. The highest BCUT2D eigenvalue weighted by atomic mass is 79.9. The van der Waals surface area contributed by atoms with E-state index in [9.17, 15) is 4.79 Å². The smallest absolute Gasteiger partial charge is 0.266 e. The summed E-state index contributed by atoms with van der Waals surface area (Å²) in [4.78, 5) is 15.2. The van der Waals surface area contributed by atoms with Crippen LogP contribution in [0, 0.1) is 0 Å². The van der Waals surface area contributed by atoms with Crippen molar-refractivity contribution in [3.63, 3.8) is 0 Å². The lowest BCUT2D eigenvalue weighted by molar-refractivity contribution is 0.0768. The molecule has 1 amide bonds. The summed E-state index contributed by atoms with van der Waals surface area (Å²) in [5.41, 5.74) is 6.79. The molecule has 108 valence electrons. The molecule has 1 aromatic heterocycles. The number of unbranched alkanes of at least 4 members (excludes halogenated alkanes) is 1. The number of fused-ring (bicyclic) bond motifs is 1. The highest BCUT2D eigenvalue weighted by Crippen LogP contribution is 2.38. The molecule has 3 nitrogen and oxygen atoms in total. The third-order valence-corrected chi connectivity index (χ3v) is 5.17. The zero-order valence-electron chi connectivity index (χ0n) is 11.8. The van der Waals surface area contributed by atoms with Gasteiger partial charge in [0.1, 0.15) is 4.88 Å². The van der Waals surface area contributed by atoms with Crippen LogP contribution in [0.2, 0.25) is 0 Å². The van der Waals surface area contributed by atoms with Crippen LogP contribution in [-0.2, 0) is 0 Å². The summed E-state index contributed by atoms with van der Waals surface area (Å²) >= 11 is 4.99. The number of anilines is 1. The van der Waals surface area contributed by atoms with Gasteiger partial charge in [0.25, 0.3) is 5.91 Å². The maximum absolute atomic E-state index is 12.6. The van der Waals surface area contributed by atoms with E-state index < -0.39 is 0 Å². The Morgan fingerprint density at radius 3 is 2.75 bits per heavy atom. The Morgan fingerprint density at radius 1 is 1.40 bits per heavy atom. The molecular formula is C15H19BrN2OS. The summed E-state index contributed by atoms with van der Waals surface area (Å²) < 4.78 is 1.99. The zero-order chi connectivity index (χ0) is 14.7. The molecule has 0 saturated heterocycles. The third-order valence-electron chi connectivity index (χ3n) is 3.35. The number of carbonyl (C=O) groups is 1. The van der Waals surface area contributed by atoms with Gasteiger partial charge >= 0.3 is 0 Å². The second-order valence-electron chi connectivity index (χ2n) is 4.70. The monoisotopic (exact) mass is 354 g/mol. The lowest BCUT2D eigenvalue weighted by Crippen LogP contribution is -2.31. The van der Waals surface area contributed by atoms with Crippen LogP contribution >= 0.6 is 27.3 Å². The first-order valence-electron chi connectivity index (χ1n) is 6.85. The number of amides is 1. The van der Waals surface area contributed by atoms with Gasteiger partial charge in [-0.25, -0.2) is 0 Å². The maximum atomic E-state index is 12.6. The first-order chi connectivity index (χ1) is 9.60. The van der Waals surface area contributed by atoms with E-state index in [4.69, 9.17) is 5.73 Å². The Balaban J connectivity index is 2.39. The van der Waals surface area contributed by atoms with Crippen LogP contribution in [0.5, 0.6) is 0 Å². The van der Waals surface area contributed by atoms with Crippen molar-refractivity contribution in [1.82, 2.24) is 4.90 Å². The molecule has 0 aliphatic carbocycles. The van der Waals surface area contributed by atoms with Crippen molar-refractivity contribution in [1.29, 1.82) is 0 Å². The fourth-order valence-corrected chi connectivity index (χ4v) is 4.01. The molecule has 20 heavy (non-hydrogen) atoms. The van der Waals surface area contributed by atoms with E-state index in [2.05, 4.69) is 22.9 Å². The summed E-state index contributed by atoms with van der Waals surface area (Å²) in [6, 6.07) is 5.92. The number of benzene rings is 1. The fraction of sp³-hybridized carbons (Fsp3) is 0.400. The number of nitrogen functional groups attached to an aromatic ring is 1. The molecule has 0 aliphatic rings. The molecule has 2 rings (SSSR count). The molecule has 2 aromatic rings. The van der Waals surface area contributed by atoms with Crippen molar-refractivity contribution in [3.8, 4) is 0 Å². The lowest BCUT2D eigenvalue weighted by Gasteiger charge is -2.20. The molecule has 0 unspecified atom stereocenters. The van der Waals surface area contributed by atoms with Crippen molar-refractivity contribution in [2.45, 2.75) is 26.7 Å². The molecule has 2 N–H and O–H groups in total. The third kappa shape index (κ3) is 2.83. The molecule has 0 fully saturated rings. The van der Waals surface area contributed by atoms with Gasteiger partial charge in [0, 0.05) is 27.6 Å². The van der Waals surface area contributed by atoms with Gasteiger partial charge in [0.15, 0.2) is 0 Å². The van der Waals surface area contributed by atoms with E-state index in [0.717, 1.165) is 33.9 Å². The molecule has 1 heterocycles. The van der Waals surface area contributed by atoms with E-state index in [0.29, 0.717) is 17.1 Å². The molecule has 5 heteroatoms. The minimum absolute atomic E-state index is 0.0477. The summed E-state index contributed by atoms with van der Waals surface area (Å²) in [5, 5.41) is 0.951. The number of hydrogen-bond donors (Lipinski definition) is 1. The van der Waals surface area contributed by atoms with Crippen LogP contribution in [0.3, 0.4) is 0 Å². The number of rotatable bonds is 5. The van der Waals surface area contributed by atoms with Gasteiger partial charge in [-0.05, 0) is 25.5 Å². The van der Waals surface area contributed by atoms with Crippen molar-refractivity contribution >= 4 is 48.9 Å². The summed E-state index contributed by atoms with van der Waals surface area (Å²) in [6.07, 6.45) is 2.10. The quantitative estimate of drug-likeness (QED) is 0.858. The minimum atomic E-state index is 0.0477. The number of nitrogens with zero attached hydrogens (tertiary/aromatic N) is 1. The van der Waals surface area contributed by atoms with Crippen molar-refractivity contribution < 1.29 is 4.79 Å². The van der Waals surface area contributed by atoms with Crippen molar-refractivity contribution in [2.24, 2.45) is 0 Å². The number of carbonyl (C=O) groups excluding carboxylic acids is 1. The highest BCUT2D eigenvalue weighted by Gasteiger charge is 2.21. The minimum Gasteiger partial charge on any atom is -0.397 e. The maximum Gasteiger partial charge on any atom is 0.266 e. The van der Waals surface area contributed by atoms with Crippen LogP contribution in [0.1, 0.15) is 36.4 Å². The second-order valence-corrected chi connectivity index (χ2v) is 6.60. The van der Waals surface area contributed by atoms with Crippen LogP contribution in [0.4, 0.5) is 5.69 Å². The predicted molar refractivity (Wildman–Crippen MR) is 90.4 cm³/mol. The van der Waals surface area contributed by atoms with Gasteiger partial charge in [-0.2, -0.15) is 0 Å². The Labute approximate surface area is 131 Å². The van der Waals surface area contributed by atoms with Crippen LogP contribution < -0.4 is 5.73 Å². The van der Waals surface area contributed by atoms with Gasteiger partial charge < -0.3 is 10.6 Å². The molecule has 0 saturated carbocycles. The highest BCUT2D eigenvalue weighted by molar-refractivity contribution is 9.10. The van der Waals surface area contributed by atoms with Gasteiger partial charge in [-0.3, -0.25) is 4.79 Å². The molecule has 0 spiro atoms. The summed E-state index contributed by atoms with van der Waals surface area (Å²) in [6.45, 7) is 5.64. The zero-order valence-corrected chi connectivity index (χ0v) is 14.2. The molecular weight excluding hydrogens is 336 g/mol. The Hall–Kier alpha value is -1.07. The average molecular weight is 355 g/mol. The Morgan fingerprint density at radius 2 is 2.15 bits per heavy atom. The molecule has 0 bridgehead atoms. The van der Waals surface area contributed by atoms with E-state index in [1.807, 2.05) is 30.0 Å². The first kappa shape index (κ1) is 15.3. The number of halogens is 1. The molecule has 1 aromatic carbocycles. The van der Waals surface area contributed by atoms with Crippen LogP contribution in [0.25, 0.3) is 10.1 Å². The van der Waals surface area contributed by atoms with Gasteiger partial charge in [0.05, 0.1) is 5.69 Å². The van der Waals surface area contributed by atoms with E-state index >= 15 is 0 Å². The van der Waals surface area contributed by atoms with Gasteiger partial charge in [0.2, 0.25) is 0 Å². The Bertz CT molecular complexity index is 624. The Kier molecular flexibility index (Phi) is 5.05. The summed E-state index contributed by atoms with van der Waals surface area (Å²) in [5.74, 6) is 0.0477. The molecule has 0 radical (unpaired) electrons. The van der Waals surface area contributed by atoms with Gasteiger partial charge in [-0.15, -0.1) is 11.3 Å². The van der Waals surface area contributed by atoms with Crippen LogP contribution in [-0.4, -0.2) is 23.9 Å². The first-order valence-corrected chi connectivity index (χ1v) is 8.46. The van der Waals surface area contributed by atoms with Crippen molar-refractivity contribution in [2.75, 3.05) is 18.8 Å². The van der Waals surface area contributed by atoms with E-state index in [1.54, 1.807) is 0 Å². The summed E-state index contributed by atoms with van der Waals surface area (Å²) in [7, 11) is 0. The standard InChI is InChI=1S/C15H19BrN2OS/c1-3-5-9-18(4-2)15(19)14-13(17)12-10(16)7-6-8-11(12)20-14/h6-8H,3-5,9,17H2,1-2H3. The fourth-order valence-electron chi connectivity index (χ4n) is 2.18. The molecule has 0 aliphatic heterocycles.